The van der Waals surface area contributed by atoms with Crippen LogP contribution in [0.3, 0.4) is 0 Å². The highest BCUT2D eigenvalue weighted by molar-refractivity contribution is 6.33. The molecule has 20 heavy (non-hydrogen) atoms. The van der Waals surface area contributed by atoms with E-state index in [4.69, 9.17) is 11.6 Å². The van der Waals surface area contributed by atoms with Crippen LogP contribution < -0.4 is 4.90 Å². The van der Waals surface area contributed by atoms with Crippen LogP contribution >= 0.6 is 11.6 Å². The number of anilines is 1. The number of β-amino-alcohol motifs (C(OH)–C–C–N with tert-alkyl or cyclic N) is 1. The number of nitrogens with zero attached hydrogens (tertiary/aromatic N) is 2. The van der Waals surface area contributed by atoms with Gasteiger partial charge in [-0.25, -0.2) is 0 Å². The maximum Gasteiger partial charge on any atom is 0.162 e. The first-order chi connectivity index (χ1) is 9.40. The number of Topliss-reactive ketones (excluding diaryl/α,β-unsaturated/α-hetero) is 1. The van der Waals surface area contributed by atoms with Gasteiger partial charge in [0.1, 0.15) is 5.60 Å². The average molecular weight is 297 g/mol. The predicted molar refractivity (Wildman–Crippen MR) is 81.4 cm³/mol. The molecule has 0 radical (unpaired) electrons. The Morgan fingerprint density at radius 2 is 1.90 bits per heavy atom. The number of carbonyl (C=O) groups excluding carboxylic acids is 1. The van der Waals surface area contributed by atoms with Crippen molar-refractivity contribution in [3.63, 3.8) is 0 Å². The maximum absolute atomic E-state index is 11.4. The molecule has 4 nitrogen and oxygen atoms in total. The van der Waals surface area contributed by atoms with Gasteiger partial charge in [0, 0.05) is 32.7 Å². The Morgan fingerprint density at radius 1 is 1.30 bits per heavy atom. The summed E-state index contributed by atoms with van der Waals surface area (Å²) in [6.07, 6.45) is 0. The SMILES string of the molecule is CC(=O)C(C)(O)CN1CCN(c2ccccc2Cl)CC1. The molecule has 1 unspecified atom stereocenters. The molecule has 0 aromatic heterocycles. The Bertz CT molecular complexity index is 483. The number of para-hydroxylation sites is 1. The molecule has 1 heterocycles. The molecular formula is C15H21ClN2O2. The second-order valence-corrected chi connectivity index (χ2v) is 5.95. The molecule has 1 N–H and O–H groups in total. The Balaban J connectivity index is 1.93. The molecule has 1 aromatic carbocycles. The first-order valence-corrected chi connectivity index (χ1v) is 7.23. The minimum Gasteiger partial charge on any atom is -0.381 e. The number of hydrogen-bond donors (Lipinski definition) is 1. The molecule has 0 bridgehead atoms. The number of halogens is 1. The fourth-order valence-electron chi connectivity index (χ4n) is 2.40. The monoisotopic (exact) mass is 296 g/mol. The maximum atomic E-state index is 11.4. The molecule has 0 amide bonds. The summed E-state index contributed by atoms with van der Waals surface area (Å²) in [7, 11) is 0. The van der Waals surface area contributed by atoms with Crippen molar-refractivity contribution in [1.29, 1.82) is 0 Å². The first kappa shape index (κ1) is 15.3. The van der Waals surface area contributed by atoms with Gasteiger partial charge in [-0.2, -0.15) is 0 Å². The number of benzene rings is 1. The van der Waals surface area contributed by atoms with Crippen molar-refractivity contribution in [2.24, 2.45) is 0 Å². The Morgan fingerprint density at radius 3 is 2.45 bits per heavy atom. The lowest BCUT2D eigenvalue weighted by molar-refractivity contribution is -0.135. The van der Waals surface area contributed by atoms with E-state index in [0.29, 0.717) is 6.54 Å². The number of carbonyl (C=O) groups is 1. The van der Waals surface area contributed by atoms with Crippen LogP contribution in [0.5, 0.6) is 0 Å². The van der Waals surface area contributed by atoms with Crippen molar-refractivity contribution in [3.05, 3.63) is 29.3 Å². The van der Waals surface area contributed by atoms with Gasteiger partial charge in [0.05, 0.1) is 10.7 Å². The minimum atomic E-state index is -1.26. The first-order valence-electron chi connectivity index (χ1n) is 6.85. The topological polar surface area (TPSA) is 43.8 Å². The summed E-state index contributed by atoms with van der Waals surface area (Å²) >= 11 is 6.20. The fourth-order valence-corrected chi connectivity index (χ4v) is 2.66. The molecule has 1 aliphatic heterocycles. The highest BCUT2D eigenvalue weighted by Crippen LogP contribution is 2.26. The third kappa shape index (κ3) is 3.51. The van der Waals surface area contributed by atoms with E-state index in [0.717, 1.165) is 36.9 Å². The van der Waals surface area contributed by atoms with Gasteiger partial charge in [-0.05, 0) is 26.0 Å². The summed E-state index contributed by atoms with van der Waals surface area (Å²) in [5.74, 6) is -0.189. The molecule has 2 rings (SSSR count). The molecule has 1 atom stereocenters. The second kappa shape index (κ2) is 6.12. The van der Waals surface area contributed by atoms with Crippen LogP contribution in [-0.2, 0) is 4.79 Å². The lowest BCUT2D eigenvalue weighted by Crippen LogP contribution is -2.53. The van der Waals surface area contributed by atoms with Crippen molar-refractivity contribution in [1.82, 2.24) is 4.90 Å². The molecule has 1 aromatic rings. The van der Waals surface area contributed by atoms with Gasteiger partial charge in [0.2, 0.25) is 0 Å². The van der Waals surface area contributed by atoms with Crippen LogP contribution in [0.15, 0.2) is 24.3 Å². The molecule has 0 saturated carbocycles. The van der Waals surface area contributed by atoms with E-state index in [1.165, 1.54) is 6.92 Å². The summed E-state index contributed by atoms with van der Waals surface area (Å²) < 4.78 is 0. The van der Waals surface area contributed by atoms with E-state index in [1.807, 2.05) is 24.3 Å². The molecule has 1 fully saturated rings. The smallest absolute Gasteiger partial charge is 0.162 e. The summed E-state index contributed by atoms with van der Waals surface area (Å²) in [6, 6.07) is 7.81. The van der Waals surface area contributed by atoms with E-state index >= 15 is 0 Å². The third-order valence-electron chi connectivity index (χ3n) is 3.86. The van der Waals surface area contributed by atoms with Gasteiger partial charge in [-0.15, -0.1) is 0 Å². The quantitative estimate of drug-likeness (QED) is 0.920. The van der Waals surface area contributed by atoms with Crippen molar-refractivity contribution in [3.8, 4) is 0 Å². The summed E-state index contributed by atoms with van der Waals surface area (Å²) in [4.78, 5) is 15.7. The summed E-state index contributed by atoms with van der Waals surface area (Å²) in [5, 5.41) is 10.8. The minimum absolute atomic E-state index is 0.189. The summed E-state index contributed by atoms with van der Waals surface area (Å²) in [5.41, 5.74) is -0.209. The van der Waals surface area contributed by atoms with Crippen LogP contribution in [0.1, 0.15) is 13.8 Å². The van der Waals surface area contributed by atoms with Gasteiger partial charge in [0.15, 0.2) is 5.78 Å². The van der Waals surface area contributed by atoms with Crippen LogP contribution in [0.25, 0.3) is 0 Å². The van der Waals surface area contributed by atoms with Gasteiger partial charge in [-0.1, -0.05) is 23.7 Å². The largest absolute Gasteiger partial charge is 0.381 e. The Labute approximate surface area is 124 Å². The van der Waals surface area contributed by atoms with Crippen LogP contribution in [0.4, 0.5) is 5.69 Å². The molecular weight excluding hydrogens is 276 g/mol. The van der Waals surface area contributed by atoms with Gasteiger partial charge >= 0.3 is 0 Å². The second-order valence-electron chi connectivity index (χ2n) is 5.54. The standard InChI is InChI=1S/C15H21ClN2O2/c1-12(19)15(2,20)11-17-7-9-18(10-8-17)14-6-4-3-5-13(14)16/h3-6,20H,7-11H2,1-2H3. The number of piperazine rings is 1. The van der Waals surface area contributed by atoms with Crippen LogP contribution in [0.2, 0.25) is 5.02 Å². The van der Waals surface area contributed by atoms with Gasteiger partial charge < -0.3 is 10.0 Å². The lowest BCUT2D eigenvalue weighted by atomic mass is 10.0. The van der Waals surface area contributed by atoms with Crippen molar-refractivity contribution < 1.29 is 9.90 Å². The van der Waals surface area contributed by atoms with Gasteiger partial charge in [-0.3, -0.25) is 9.69 Å². The normalized spacial score (nSPS) is 19.7. The molecule has 110 valence electrons. The zero-order valence-corrected chi connectivity index (χ0v) is 12.7. The fraction of sp³-hybridized carbons (Fsp3) is 0.533. The molecule has 0 spiro atoms. The number of hydrogen-bond acceptors (Lipinski definition) is 4. The molecule has 0 aliphatic carbocycles. The molecule has 5 heteroatoms. The highest BCUT2D eigenvalue weighted by Gasteiger charge is 2.30. The van der Waals surface area contributed by atoms with Crippen molar-refractivity contribution in [2.75, 3.05) is 37.6 Å². The molecule has 1 saturated heterocycles. The summed E-state index contributed by atoms with van der Waals surface area (Å²) in [6.45, 7) is 6.72. The number of aliphatic hydroxyl groups is 1. The van der Waals surface area contributed by atoms with E-state index in [-0.39, 0.29) is 5.78 Å². The Hall–Kier alpha value is -1.10. The van der Waals surface area contributed by atoms with E-state index < -0.39 is 5.60 Å². The lowest BCUT2D eigenvalue weighted by Gasteiger charge is -2.38. The van der Waals surface area contributed by atoms with E-state index in [1.54, 1.807) is 6.92 Å². The predicted octanol–water partition coefficient (Wildman–Crippen LogP) is 1.80. The zero-order valence-electron chi connectivity index (χ0n) is 12.0. The zero-order chi connectivity index (χ0) is 14.8. The van der Waals surface area contributed by atoms with Crippen LogP contribution in [-0.4, -0.2) is 54.1 Å². The Kier molecular flexibility index (Phi) is 4.68. The third-order valence-corrected chi connectivity index (χ3v) is 4.17. The van der Waals surface area contributed by atoms with Crippen molar-refractivity contribution >= 4 is 23.1 Å². The molecule has 1 aliphatic rings. The van der Waals surface area contributed by atoms with Crippen molar-refractivity contribution in [2.45, 2.75) is 19.4 Å². The average Bonchev–Trinajstić information content (AvgIpc) is 2.40. The van der Waals surface area contributed by atoms with E-state index in [2.05, 4.69) is 9.80 Å². The number of ketones is 1. The van der Waals surface area contributed by atoms with E-state index in [9.17, 15) is 9.90 Å². The highest BCUT2D eigenvalue weighted by atomic mass is 35.5. The number of rotatable bonds is 4. The van der Waals surface area contributed by atoms with Gasteiger partial charge in [0.25, 0.3) is 0 Å². The van der Waals surface area contributed by atoms with Crippen LogP contribution in [0, 0.1) is 0 Å².